The van der Waals surface area contributed by atoms with E-state index in [1.807, 2.05) is 77.6 Å². The summed E-state index contributed by atoms with van der Waals surface area (Å²) in [4.78, 5) is 12.4. The van der Waals surface area contributed by atoms with E-state index in [0.717, 1.165) is 16.8 Å². The summed E-state index contributed by atoms with van der Waals surface area (Å²) in [5.41, 5.74) is 7.14. The van der Waals surface area contributed by atoms with Gasteiger partial charge >= 0.3 is 0 Å². The van der Waals surface area contributed by atoms with Gasteiger partial charge in [0.05, 0.1) is 13.3 Å². The Hall–Kier alpha value is -4.32. The van der Waals surface area contributed by atoms with Gasteiger partial charge in [-0.05, 0) is 78.2 Å². The van der Waals surface area contributed by atoms with Gasteiger partial charge in [0.15, 0.2) is 11.5 Å². The van der Waals surface area contributed by atoms with Crippen LogP contribution in [0.2, 0.25) is 0 Å². The molecular weight excluding hydrogens is 414 g/mol. The second kappa shape index (κ2) is 10.3. The number of ether oxygens (including phenoxy) is 2. The molecule has 0 fully saturated rings. The van der Waals surface area contributed by atoms with Crippen LogP contribution in [0.4, 0.5) is 0 Å². The molecule has 0 atom stereocenters. The number of nitrogens with zero attached hydrogens (tertiary/aromatic N) is 2. The molecule has 0 aliphatic carbocycles. The Morgan fingerprint density at radius 2 is 1.73 bits per heavy atom. The number of hydrogen-bond donors (Lipinski definition) is 1. The first-order chi connectivity index (χ1) is 16.1. The van der Waals surface area contributed by atoms with E-state index in [4.69, 9.17) is 9.47 Å². The molecule has 1 heterocycles. The van der Waals surface area contributed by atoms with Gasteiger partial charge < -0.3 is 14.0 Å². The molecule has 0 aliphatic heterocycles. The van der Waals surface area contributed by atoms with Crippen molar-refractivity contribution in [3.05, 3.63) is 114 Å². The molecule has 4 aromatic rings. The zero-order valence-electron chi connectivity index (χ0n) is 18.6. The molecule has 0 aliphatic rings. The molecule has 6 heteroatoms. The van der Waals surface area contributed by atoms with Gasteiger partial charge in [-0.25, -0.2) is 5.43 Å². The van der Waals surface area contributed by atoms with Gasteiger partial charge in [-0.3, -0.25) is 4.79 Å². The minimum absolute atomic E-state index is 0.282. The molecule has 3 aromatic carbocycles. The Bertz CT molecular complexity index is 1250. The zero-order chi connectivity index (χ0) is 23.0. The van der Waals surface area contributed by atoms with Crippen molar-refractivity contribution in [1.82, 2.24) is 9.99 Å². The summed E-state index contributed by atoms with van der Waals surface area (Å²) in [6.07, 6.45) is 5.47. The van der Waals surface area contributed by atoms with Crippen LogP contribution in [0.5, 0.6) is 11.5 Å². The molecule has 0 unspecified atom stereocenters. The third-order valence-corrected chi connectivity index (χ3v) is 5.24. The fourth-order valence-electron chi connectivity index (χ4n) is 3.33. The number of aryl methyl sites for hydroxylation is 1. The molecule has 1 amide bonds. The highest BCUT2D eigenvalue weighted by Gasteiger charge is 2.08. The summed E-state index contributed by atoms with van der Waals surface area (Å²) in [5, 5.41) is 4.07. The molecule has 1 N–H and O–H groups in total. The number of rotatable bonds is 8. The average Bonchev–Trinajstić information content (AvgIpc) is 3.39. The normalized spacial score (nSPS) is 10.8. The van der Waals surface area contributed by atoms with Crippen LogP contribution in [0.15, 0.2) is 96.4 Å². The highest BCUT2D eigenvalue weighted by molar-refractivity contribution is 5.95. The van der Waals surface area contributed by atoms with Crippen molar-refractivity contribution in [2.75, 3.05) is 7.11 Å². The lowest BCUT2D eigenvalue weighted by Crippen LogP contribution is -2.17. The number of carbonyl (C=O) groups excluding carboxylic acids is 1. The predicted molar refractivity (Wildman–Crippen MR) is 129 cm³/mol. The molecule has 0 radical (unpaired) electrons. The van der Waals surface area contributed by atoms with Gasteiger partial charge in [-0.15, -0.1) is 0 Å². The summed E-state index contributed by atoms with van der Waals surface area (Å²) < 4.78 is 13.4. The minimum Gasteiger partial charge on any atom is -0.493 e. The molecule has 0 bridgehead atoms. The molecule has 6 nitrogen and oxygen atoms in total. The van der Waals surface area contributed by atoms with Gasteiger partial charge in [0, 0.05) is 23.6 Å². The number of amides is 1. The monoisotopic (exact) mass is 439 g/mol. The van der Waals surface area contributed by atoms with E-state index in [0.29, 0.717) is 23.7 Å². The molecule has 0 spiro atoms. The summed E-state index contributed by atoms with van der Waals surface area (Å²) in [6.45, 7) is 2.51. The minimum atomic E-state index is -0.282. The van der Waals surface area contributed by atoms with E-state index < -0.39 is 0 Å². The van der Waals surface area contributed by atoms with Crippen molar-refractivity contribution < 1.29 is 14.3 Å². The van der Waals surface area contributed by atoms with E-state index >= 15 is 0 Å². The Kier molecular flexibility index (Phi) is 6.85. The topological polar surface area (TPSA) is 64.8 Å². The number of carbonyl (C=O) groups is 1. The lowest BCUT2D eigenvalue weighted by atomic mass is 10.1. The van der Waals surface area contributed by atoms with Gasteiger partial charge in [0.2, 0.25) is 0 Å². The van der Waals surface area contributed by atoms with Crippen LogP contribution >= 0.6 is 0 Å². The zero-order valence-corrected chi connectivity index (χ0v) is 18.6. The van der Waals surface area contributed by atoms with Crippen LogP contribution in [0, 0.1) is 6.92 Å². The van der Waals surface area contributed by atoms with Crippen LogP contribution in [0.25, 0.3) is 5.69 Å². The molecule has 166 valence electrons. The van der Waals surface area contributed by atoms with E-state index in [1.54, 1.807) is 25.5 Å². The number of hydrogen-bond acceptors (Lipinski definition) is 4. The standard InChI is InChI=1S/C27H25N3O3/c1-20-7-3-4-8-23(20)19-33-25-14-9-21(17-26(25)32-2)18-28-29-27(31)22-10-12-24(13-11-22)30-15-5-6-16-30/h3-18H,19H2,1-2H3,(H,29,31)/b28-18+. The summed E-state index contributed by atoms with van der Waals surface area (Å²) in [6, 6.07) is 24.8. The Balaban J connectivity index is 1.36. The average molecular weight is 440 g/mol. The smallest absolute Gasteiger partial charge is 0.271 e. The van der Waals surface area contributed by atoms with Gasteiger partial charge in [-0.1, -0.05) is 24.3 Å². The fraction of sp³-hybridized carbons (Fsp3) is 0.111. The fourth-order valence-corrected chi connectivity index (χ4v) is 3.33. The lowest BCUT2D eigenvalue weighted by Gasteiger charge is -2.12. The van der Waals surface area contributed by atoms with E-state index in [-0.39, 0.29) is 5.91 Å². The number of aromatic nitrogens is 1. The summed E-state index contributed by atoms with van der Waals surface area (Å²) in [5.74, 6) is 0.958. The van der Waals surface area contributed by atoms with Crippen molar-refractivity contribution in [3.63, 3.8) is 0 Å². The maximum atomic E-state index is 12.4. The third-order valence-electron chi connectivity index (χ3n) is 5.24. The molecule has 0 saturated heterocycles. The molecule has 4 rings (SSSR count). The van der Waals surface area contributed by atoms with Crippen LogP contribution in [0.1, 0.15) is 27.0 Å². The van der Waals surface area contributed by atoms with Crippen LogP contribution < -0.4 is 14.9 Å². The van der Waals surface area contributed by atoms with Crippen LogP contribution in [-0.4, -0.2) is 23.8 Å². The molecule has 0 saturated carbocycles. The first-order valence-corrected chi connectivity index (χ1v) is 10.6. The number of benzene rings is 3. The second-order valence-corrected chi connectivity index (χ2v) is 7.46. The van der Waals surface area contributed by atoms with Gasteiger partial charge in [0.1, 0.15) is 6.61 Å². The van der Waals surface area contributed by atoms with E-state index in [1.165, 1.54) is 5.56 Å². The molecule has 1 aromatic heterocycles. The Morgan fingerprint density at radius 3 is 2.45 bits per heavy atom. The molecular formula is C27H25N3O3. The SMILES string of the molecule is COc1cc(/C=N/NC(=O)c2ccc(-n3cccc3)cc2)ccc1OCc1ccccc1C. The third kappa shape index (κ3) is 5.49. The van der Waals surface area contributed by atoms with Crippen molar-refractivity contribution in [1.29, 1.82) is 0 Å². The number of hydrazone groups is 1. The van der Waals surface area contributed by atoms with E-state index in [9.17, 15) is 4.79 Å². The first-order valence-electron chi connectivity index (χ1n) is 10.6. The van der Waals surface area contributed by atoms with Crippen molar-refractivity contribution in [3.8, 4) is 17.2 Å². The van der Waals surface area contributed by atoms with Crippen molar-refractivity contribution in [2.45, 2.75) is 13.5 Å². The van der Waals surface area contributed by atoms with Crippen molar-refractivity contribution in [2.24, 2.45) is 5.10 Å². The van der Waals surface area contributed by atoms with Crippen LogP contribution in [0.3, 0.4) is 0 Å². The van der Waals surface area contributed by atoms with Crippen molar-refractivity contribution >= 4 is 12.1 Å². The maximum Gasteiger partial charge on any atom is 0.271 e. The quantitative estimate of drug-likeness (QED) is 0.306. The largest absolute Gasteiger partial charge is 0.493 e. The summed E-state index contributed by atoms with van der Waals surface area (Å²) in [7, 11) is 1.59. The van der Waals surface area contributed by atoms with Crippen LogP contribution in [-0.2, 0) is 6.61 Å². The Morgan fingerprint density at radius 1 is 0.970 bits per heavy atom. The summed E-state index contributed by atoms with van der Waals surface area (Å²) >= 11 is 0. The van der Waals surface area contributed by atoms with Gasteiger partial charge in [0.25, 0.3) is 5.91 Å². The maximum absolute atomic E-state index is 12.4. The van der Waals surface area contributed by atoms with E-state index in [2.05, 4.69) is 23.5 Å². The number of methoxy groups -OCH3 is 1. The first kappa shape index (κ1) is 21.9. The highest BCUT2D eigenvalue weighted by Crippen LogP contribution is 2.28. The lowest BCUT2D eigenvalue weighted by molar-refractivity contribution is 0.0955. The number of nitrogens with one attached hydrogen (secondary N) is 1. The second-order valence-electron chi connectivity index (χ2n) is 7.46. The van der Waals surface area contributed by atoms with Gasteiger partial charge in [-0.2, -0.15) is 5.10 Å². The highest BCUT2D eigenvalue weighted by atomic mass is 16.5. The Labute approximate surface area is 193 Å². The molecule has 33 heavy (non-hydrogen) atoms. The predicted octanol–water partition coefficient (Wildman–Crippen LogP) is 5.14.